The van der Waals surface area contributed by atoms with Crippen molar-refractivity contribution in [2.45, 2.75) is 67.8 Å². The molecule has 8 atom stereocenters. The van der Waals surface area contributed by atoms with E-state index in [0.29, 0.717) is 23.6 Å². The molecule has 1 spiro atoms. The van der Waals surface area contributed by atoms with Crippen LogP contribution in [-0.2, 0) is 28.7 Å². The zero-order chi connectivity index (χ0) is 35.5. The van der Waals surface area contributed by atoms with Gasteiger partial charge in [0.15, 0.2) is 0 Å². The van der Waals surface area contributed by atoms with Crippen LogP contribution in [0.25, 0.3) is 0 Å². The van der Waals surface area contributed by atoms with E-state index in [4.69, 9.17) is 21.1 Å². The third kappa shape index (κ3) is 7.08. The Labute approximate surface area is 300 Å². The zero-order valence-electron chi connectivity index (χ0n) is 27.7. The van der Waals surface area contributed by atoms with Crippen LogP contribution in [0.5, 0.6) is 0 Å². The van der Waals surface area contributed by atoms with E-state index < -0.39 is 65.4 Å². The Hall–Kier alpha value is -3.51. The molecule has 0 saturated carbocycles. The molecule has 10 nitrogen and oxygen atoms in total. The quantitative estimate of drug-likeness (QED) is 0.149. The number of aliphatic hydroxyl groups is 1. The number of likely N-dealkylation sites (tertiary alicyclic amines) is 1. The molecule has 2 aromatic rings. The van der Waals surface area contributed by atoms with Gasteiger partial charge in [0.05, 0.1) is 36.6 Å². The summed E-state index contributed by atoms with van der Waals surface area (Å²) in [5, 5.41) is 14.1. The Balaban J connectivity index is 1.52. The second-order valence-corrected chi connectivity index (χ2v) is 14.7. The summed E-state index contributed by atoms with van der Waals surface area (Å²) in [6, 6.07) is 13.4. The second kappa shape index (κ2) is 15.6. The maximum atomic E-state index is 14.8. The first-order valence-electron chi connectivity index (χ1n) is 16.5. The van der Waals surface area contributed by atoms with Gasteiger partial charge in [-0.2, -0.15) is 0 Å². The zero-order valence-corrected chi connectivity index (χ0v) is 30.0. The van der Waals surface area contributed by atoms with Crippen molar-refractivity contribution in [3.8, 4) is 0 Å². The molecule has 2 aromatic carbocycles. The van der Waals surface area contributed by atoms with E-state index in [1.807, 2.05) is 44.2 Å². The lowest BCUT2D eigenvalue weighted by Crippen LogP contribution is -2.60. The Morgan fingerprint density at radius 1 is 1.16 bits per heavy atom. The monoisotopic (exact) mass is 755 g/mol. The molecule has 1 unspecified atom stereocenters. The Kier molecular flexibility index (Phi) is 11.7. The van der Waals surface area contributed by atoms with Crippen LogP contribution in [0.2, 0.25) is 5.02 Å². The summed E-state index contributed by atoms with van der Waals surface area (Å²) in [5.41, 5.74) is -0.0860. The molecule has 12 heteroatoms. The van der Waals surface area contributed by atoms with Crippen LogP contribution in [0.4, 0.5) is 5.69 Å². The van der Waals surface area contributed by atoms with Crippen molar-refractivity contribution in [2.75, 3.05) is 24.7 Å². The summed E-state index contributed by atoms with van der Waals surface area (Å²) in [4.78, 5) is 59.0. The first-order chi connectivity index (χ1) is 23.5. The molecule has 0 aliphatic carbocycles. The minimum absolute atomic E-state index is 0.115. The third-order valence-electron chi connectivity index (χ3n) is 9.78. The first kappa shape index (κ1) is 36.8. The number of alkyl halides is 1. The van der Waals surface area contributed by atoms with Gasteiger partial charge < -0.3 is 29.7 Å². The average Bonchev–Trinajstić information content (AvgIpc) is 3.68. The highest BCUT2D eigenvalue weighted by Crippen LogP contribution is 2.61. The fraction of sp³-hybridized carbons (Fsp3) is 0.459. The number of hydrogen-bond acceptors (Lipinski definition) is 7. The predicted molar refractivity (Wildman–Crippen MR) is 190 cm³/mol. The number of anilines is 1. The molecule has 3 amide bonds. The number of aliphatic hydroxyl groups excluding tert-OH is 1. The van der Waals surface area contributed by atoms with Gasteiger partial charge in [-0.1, -0.05) is 83.9 Å². The number of carbonyl (C=O) groups excluding carboxylic acids is 4. The molecule has 3 heterocycles. The number of rotatable bonds is 15. The van der Waals surface area contributed by atoms with Gasteiger partial charge in [-0.15, -0.1) is 13.2 Å². The number of ether oxygens (including phenoxy) is 2. The van der Waals surface area contributed by atoms with Crippen LogP contribution in [0.15, 0.2) is 79.9 Å². The number of amides is 3. The number of halogens is 2. The Morgan fingerprint density at radius 2 is 1.86 bits per heavy atom. The normalized spacial score (nSPS) is 26.6. The molecule has 2 bridgehead atoms. The van der Waals surface area contributed by atoms with Gasteiger partial charge in [0.2, 0.25) is 11.8 Å². The molecule has 3 fully saturated rings. The van der Waals surface area contributed by atoms with Crippen molar-refractivity contribution < 1.29 is 33.8 Å². The highest BCUT2D eigenvalue weighted by Gasteiger charge is 2.77. The molecule has 3 aliphatic heterocycles. The SMILES string of the molecule is C=CCCC(=O)OC[C@H](NC(=O)[C@H]1[C@@H]2O[C@@]3(CC2Br)[C@@H]1C(=O)N([C@@H](CO)C(C)C)[C@@H]3C(=O)N(CC=C)c1ccc(Cl)cc1)c1ccccc1. The molecular formula is C37H43BrClN3O7. The molecule has 0 aromatic heterocycles. The summed E-state index contributed by atoms with van der Waals surface area (Å²) >= 11 is 9.88. The summed E-state index contributed by atoms with van der Waals surface area (Å²) in [7, 11) is 0. The van der Waals surface area contributed by atoms with Crippen LogP contribution in [0, 0.1) is 17.8 Å². The van der Waals surface area contributed by atoms with E-state index in [2.05, 4.69) is 34.4 Å². The number of fused-ring (bicyclic) bond motifs is 1. The average molecular weight is 757 g/mol. The number of nitrogens with one attached hydrogen (secondary N) is 1. The lowest BCUT2D eigenvalue weighted by Gasteiger charge is -2.40. The molecule has 5 rings (SSSR count). The van der Waals surface area contributed by atoms with E-state index in [1.54, 1.807) is 36.4 Å². The maximum absolute atomic E-state index is 14.8. The van der Waals surface area contributed by atoms with Crippen LogP contribution < -0.4 is 10.2 Å². The third-order valence-corrected chi connectivity index (χ3v) is 10.9. The van der Waals surface area contributed by atoms with Gasteiger partial charge in [-0.25, -0.2) is 0 Å². The van der Waals surface area contributed by atoms with Crippen molar-refractivity contribution in [1.29, 1.82) is 0 Å². The van der Waals surface area contributed by atoms with Crippen LogP contribution >= 0.6 is 27.5 Å². The Bertz CT molecular complexity index is 1560. The van der Waals surface area contributed by atoms with Gasteiger partial charge >= 0.3 is 5.97 Å². The number of carbonyl (C=O) groups is 4. The summed E-state index contributed by atoms with van der Waals surface area (Å²) < 4.78 is 12.2. The maximum Gasteiger partial charge on any atom is 0.306 e. The van der Waals surface area contributed by atoms with E-state index in [9.17, 15) is 24.3 Å². The van der Waals surface area contributed by atoms with E-state index in [0.717, 1.165) is 5.56 Å². The van der Waals surface area contributed by atoms with E-state index in [-0.39, 0.29) is 36.9 Å². The highest BCUT2D eigenvalue weighted by molar-refractivity contribution is 9.09. The van der Waals surface area contributed by atoms with Crippen LogP contribution in [0.3, 0.4) is 0 Å². The fourth-order valence-electron chi connectivity index (χ4n) is 7.49. The number of esters is 1. The number of benzene rings is 2. The highest BCUT2D eigenvalue weighted by atomic mass is 79.9. The standard InChI is InChI=1S/C37H43BrClN3O7/c1-5-7-13-29(44)48-21-27(23-11-9-8-10-12-23)40-34(45)30-31-35(46)42(28(20-43)22(3)4)33(37(31)19-26(38)32(30)49-37)36(47)41(18-6-2)25-16-14-24(39)15-17-25/h5-6,8-12,14-17,22,26-28,30-33,43H,1-2,7,13,18-21H2,3-4H3,(H,40,45)/t26?,27-,28-,30+,31-,32+,33+,37-/m0/s1. The summed E-state index contributed by atoms with van der Waals surface area (Å²) in [5.74, 6) is -3.90. The minimum Gasteiger partial charge on any atom is -0.463 e. The molecule has 2 N–H and O–H groups in total. The molecule has 262 valence electrons. The van der Waals surface area contributed by atoms with Crippen molar-refractivity contribution >= 4 is 56.9 Å². The van der Waals surface area contributed by atoms with Gasteiger partial charge in [0.1, 0.15) is 18.2 Å². The van der Waals surface area contributed by atoms with Gasteiger partial charge in [0, 0.05) is 28.5 Å². The number of hydrogen-bond donors (Lipinski definition) is 2. The van der Waals surface area contributed by atoms with Crippen molar-refractivity contribution in [3.05, 3.63) is 90.5 Å². The number of allylic oxidation sites excluding steroid dienone is 1. The van der Waals surface area contributed by atoms with E-state index in [1.165, 1.54) is 9.80 Å². The van der Waals surface area contributed by atoms with E-state index >= 15 is 0 Å². The summed E-state index contributed by atoms with van der Waals surface area (Å²) in [6.07, 6.45) is 3.43. The van der Waals surface area contributed by atoms with Crippen molar-refractivity contribution in [1.82, 2.24) is 10.2 Å². The first-order valence-corrected chi connectivity index (χ1v) is 17.8. The van der Waals surface area contributed by atoms with Gasteiger partial charge in [0.25, 0.3) is 5.91 Å². The lowest BCUT2D eigenvalue weighted by atomic mass is 9.70. The molecule has 3 aliphatic rings. The van der Waals surface area contributed by atoms with Crippen LogP contribution in [0.1, 0.15) is 44.7 Å². The molecule has 49 heavy (non-hydrogen) atoms. The molecule has 0 radical (unpaired) electrons. The molecular weight excluding hydrogens is 714 g/mol. The lowest BCUT2D eigenvalue weighted by molar-refractivity contribution is -0.147. The largest absolute Gasteiger partial charge is 0.463 e. The van der Waals surface area contributed by atoms with Crippen molar-refractivity contribution in [3.63, 3.8) is 0 Å². The predicted octanol–water partition coefficient (Wildman–Crippen LogP) is 4.99. The van der Waals surface area contributed by atoms with Gasteiger partial charge in [-0.3, -0.25) is 19.2 Å². The second-order valence-electron chi connectivity index (χ2n) is 13.1. The fourth-order valence-corrected chi connectivity index (χ4v) is 8.56. The molecule has 3 saturated heterocycles. The number of nitrogens with zero attached hydrogens (tertiary/aromatic N) is 2. The summed E-state index contributed by atoms with van der Waals surface area (Å²) in [6.45, 7) is 10.9. The van der Waals surface area contributed by atoms with Crippen molar-refractivity contribution in [2.24, 2.45) is 17.8 Å². The smallest absolute Gasteiger partial charge is 0.306 e. The van der Waals surface area contributed by atoms with Gasteiger partial charge in [-0.05, 0) is 48.6 Å². The minimum atomic E-state index is -1.36. The topological polar surface area (TPSA) is 125 Å². The Morgan fingerprint density at radius 3 is 2.47 bits per heavy atom. The van der Waals surface area contributed by atoms with Crippen LogP contribution in [-0.4, -0.2) is 82.1 Å².